The smallest absolute Gasteiger partial charge is 0.188 e. The van der Waals surface area contributed by atoms with Crippen molar-refractivity contribution in [1.82, 2.24) is 9.13 Å². The molecule has 8 aromatic rings. The van der Waals surface area contributed by atoms with Gasteiger partial charge in [-0.05, 0) is 77.9 Å². The van der Waals surface area contributed by atoms with E-state index in [1.165, 1.54) is 0 Å². The van der Waals surface area contributed by atoms with E-state index in [1.54, 1.807) is 24.3 Å². The molecule has 0 radical (unpaired) electrons. The summed E-state index contributed by atoms with van der Waals surface area (Å²) in [7, 11) is 0. The maximum absolute atomic E-state index is 9.97. The summed E-state index contributed by atoms with van der Waals surface area (Å²) in [6, 6.07) is 46.3. The molecule has 0 spiro atoms. The van der Waals surface area contributed by atoms with Gasteiger partial charge in [0.2, 0.25) is 0 Å². The quantitative estimate of drug-likeness (QED) is 0.194. The van der Waals surface area contributed by atoms with Crippen molar-refractivity contribution in [3.8, 4) is 40.7 Å². The molecule has 0 aliphatic rings. The maximum Gasteiger partial charge on any atom is 0.188 e. The fourth-order valence-electron chi connectivity index (χ4n) is 6.59. The lowest BCUT2D eigenvalue weighted by Crippen LogP contribution is -1.98. The molecule has 6 aromatic carbocycles. The highest BCUT2D eigenvalue weighted by molar-refractivity contribution is 6.12. The van der Waals surface area contributed by atoms with Crippen molar-refractivity contribution in [1.29, 1.82) is 15.8 Å². The van der Waals surface area contributed by atoms with Crippen LogP contribution < -0.4 is 0 Å². The topological polar surface area (TPSA) is 85.6 Å². The molecular formula is C40H20N6. The number of benzene rings is 6. The van der Waals surface area contributed by atoms with Crippen molar-refractivity contribution >= 4 is 49.3 Å². The first kappa shape index (κ1) is 26.5. The SMILES string of the molecule is [C-]#[N+]c1ccc(-n2c3ccccc3c3cc(-c4ccc5c(c4)c4ccccc4n5-c4ccc(C#N)cc4C#N)ccc32)c(C#N)c1. The summed E-state index contributed by atoms with van der Waals surface area (Å²) in [5.74, 6) is 0. The molecule has 6 heteroatoms. The maximum atomic E-state index is 9.97. The molecule has 0 bridgehead atoms. The molecule has 210 valence electrons. The number of nitrogens with zero attached hydrogens (tertiary/aromatic N) is 6. The highest BCUT2D eigenvalue weighted by atomic mass is 15.0. The lowest BCUT2D eigenvalue weighted by atomic mass is 10.0. The Bertz CT molecular complexity index is 2560. The van der Waals surface area contributed by atoms with Crippen molar-refractivity contribution in [2.45, 2.75) is 0 Å². The molecule has 2 aromatic heterocycles. The molecule has 0 aliphatic heterocycles. The van der Waals surface area contributed by atoms with Gasteiger partial charge in [0.25, 0.3) is 0 Å². The molecule has 0 fully saturated rings. The minimum Gasteiger partial charge on any atom is -0.308 e. The number of hydrogen-bond acceptors (Lipinski definition) is 3. The van der Waals surface area contributed by atoms with Gasteiger partial charge in [-0.15, -0.1) is 0 Å². The van der Waals surface area contributed by atoms with Gasteiger partial charge in [-0.3, -0.25) is 0 Å². The van der Waals surface area contributed by atoms with Gasteiger partial charge in [-0.25, -0.2) is 4.85 Å². The Balaban J connectivity index is 1.34. The molecule has 0 amide bonds. The van der Waals surface area contributed by atoms with Crippen LogP contribution >= 0.6 is 0 Å². The van der Waals surface area contributed by atoms with E-state index in [2.05, 4.69) is 92.9 Å². The summed E-state index contributed by atoms with van der Waals surface area (Å²) in [5.41, 5.74) is 9.24. The minimum atomic E-state index is 0.433. The van der Waals surface area contributed by atoms with Gasteiger partial charge in [0.05, 0.1) is 68.8 Å². The number of aromatic nitrogens is 2. The number of para-hydroxylation sites is 2. The highest BCUT2D eigenvalue weighted by Gasteiger charge is 2.18. The van der Waals surface area contributed by atoms with Crippen LogP contribution in [0.5, 0.6) is 0 Å². The Kier molecular flexibility index (Phi) is 5.91. The molecule has 0 aliphatic carbocycles. The van der Waals surface area contributed by atoms with E-state index < -0.39 is 0 Å². The van der Waals surface area contributed by atoms with E-state index in [1.807, 2.05) is 36.4 Å². The van der Waals surface area contributed by atoms with E-state index in [4.69, 9.17) is 6.57 Å². The van der Waals surface area contributed by atoms with E-state index in [0.717, 1.165) is 66.1 Å². The first-order valence-electron chi connectivity index (χ1n) is 14.6. The fraction of sp³-hybridized carbons (Fsp3) is 0. The van der Waals surface area contributed by atoms with Crippen LogP contribution in [0.1, 0.15) is 16.7 Å². The molecule has 46 heavy (non-hydrogen) atoms. The summed E-state index contributed by atoms with van der Waals surface area (Å²) in [6.45, 7) is 7.39. The Morgan fingerprint density at radius 3 is 1.50 bits per heavy atom. The first-order chi connectivity index (χ1) is 22.6. The average molecular weight is 585 g/mol. The second-order valence-electron chi connectivity index (χ2n) is 11.0. The van der Waals surface area contributed by atoms with Crippen molar-refractivity contribution in [2.24, 2.45) is 0 Å². The van der Waals surface area contributed by atoms with Crippen molar-refractivity contribution in [3.63, 3.8) is 0 Å². The third-order valence-electron chi connectivity index (χ3n) is 8.64. The Morgan fingerprint density at radius 1 is 0.478 bits per heavy atom. The van der Waals surface area contributed by atoms with Crippen LogP contribution in [0.2, 0.25) is 0 Å². The third-order valence-corrected chi connectivity index (χ3v) is 8.64. The normalized spacial score (nSPS) is 11.0. The highest BCUT2D eigenvalue weighted by Crippen LogP contribution is 2.39. The summed E-state index contributed by atoms with van der Waals surface area (Å²) in [4.78, 5) is 3.51. The third kappa shape index (κ3) is 3.86. The van der Waals surface area contributed by atoms with Gasteiger partial charge in [0.15, 0.2) is 5.69 Å². The first-order valence-corrected chi connectivity index (χ1v) is 14.6. The Morgan fingerprint density at radius 2 is 0.978 bits per heavy atom. The van der Waals surface area contributed by atoms with Crippen molar-refractivity contribution in [2.75, 3.05) is 0 Å². The van der Waals surface area contributed by atoms with E-state index >= 15 is 0 Å². The predicted octanol–water partition coefficient (Wildman–Crippen LogP) is 9.71. The summed E-state index contributed by atoms with van der Waals surface area (Å²) < 4.78 is 4.19. The van der Waals surface area contributed by atoms with E-state index in [9.17, 15) is 15.8 Å². The standard InChI is InChI=1S/C40H20N6/c1-44-30-13-17-36(29(19-30)24-43)46-38-9-5-3-7-32(38)34-21-27(12-16-40(34)46)26-11-15-39-33(20-26)31-6-2-4-8-37(31)45(39)35-14-10-25(22-41)18-28(35)23-42/h2-21H. The number of nitriles is 3. The molecule has 2 heterocycles. The predicted molar refractivity (Wildman–Crippen MR) is 181 cm³/mol. The van der Waals surface area contributed by atoms with Gasteiger partial charge >= 0.3 is 0 Å². The van der Waals surface area contributed by atoms with Gasteiger partial charge in [0, 0.05) is 21.5 Å². The zero-order valence-electron chi connectivity index (χ0n) is 24.2. The summed E-state index contributed by atoms with van der Waals surface area (Å²) in [5, 5.41) is 33.6. The van der Waals surface area contributed by atoms with Crippen molar-refractivity contribution < 1.29 is 0 Å². The molecule has 0 N–H and O–H groups in total. The second kappa shape index (κ2) is 10.3. The van der Waals surface area contributed by atoms with Crippen LogP contribution in [0.15, 0.2) is 121 Å². The Labute approximate surface area is 263 Å². The molecule has 0 saturated heterocycles. The monoisotopic (exact) mass is 584 g/mol. The summed E-state index contributed by atoms with van der Waals surface area (Å²) >= 11 is 0. The number of hydrogen-bond donors (Lipinski definition) is 0. The molecule has 6 nitrogen and oxygen atoms in total. The number of rotatable bonds is 3. The van der Waals surface area contributed by atoms with E-state index in [-0.39, 0.29) is 0 Å². The largest absolute Gasteiger partial charge is 0.308 e. The minimum absolute atomic E-state index is 0.433. The van der Waals surface area contributed by atoms with Crippen LogP contribution in [0.25, 0.3) is 71.0 Å². The molecular weight excluding hydrogens is 564 g/mol. The average Bonchev–Trinajstić information content (AvgIpc) is 3.63. The van der Waals surface area contributed by atoms with Crippen LogP contribution in [-0.4, -0.2) is 9.13 Å². The lowest BCUT2D eigenvalue weighted by molar-refractivity contribution is 1.16. The van der Waals surface area contributed by atoms with Gasteiger partial charge < -0.3 is 9.13 Å². The molecule has 0 unspecified atom stereocenters. The van der Waals surface area contributed by atoms with Crippen molar-refractivity contribution in [3.05, 3.63) is 149 Å². The van der Waals surface area contributed by atoms with E-state index in [0.29, 0.717) is 22.4 Å². The van der Waals surface area contributed by atoms with Crippen LogP contribution in [0.3, 0.4) is 0 Å². The zero-order valence-corrected chi connectivity index (χ0v) is 24.2. The summed E-state index contributed by atoms with van der Waals surface area (Å²) in [6.07, 6.45) is 0. The molecule has 0 saturated carbocycles. The second-order valence-corrected chi connectivity index (χ2v) is 11.0. The molecule has 0 atom stereocenters. The van der Waals surface area contributed by atoms with Crippen LogP contribution in [0, 0.1) is 40.6 Å². The van der Waals surface area contributed by atoms with Gasteiger partial charge in [0.1, 0.15) is 6.07 Å². The fourth-order valence-corrected chi connectivity index (χ4v) is 6.59. The van der Waals surface area contributed by atoms with Gasteiger partial charge in [-0.1, -0.05) is 54.6 Å². The number of fused-ring (bicyclic) bond motifs is 6. The molecule has 8 rings (SSSR count). The lowest BCUT2D eigenvalue weighted by Gasteiger charge is -2.11. The zero-order chi connectivity index (χ0) is 31.4. The van der Waals surface area contributed by atoms with Gasteiger partial charge in [-0.2, -0.15) is 15.8 Å². The Hall–Kier alpha value is -7.12. The van der Waals surface area contributed by atoms with Crippen LogP contribution in [-0.2, 0) is 0 Å². The van der Waals surface area contributed by atoms with Crippen LogP contribution in [0.4, 0.5) is 5.69 Å².